The Labute approximate surface area is 111 Å². The van der Waals surface area contributed by atoms with Gasteiger partial charge in [0, 0.05) is 12.2 Å². The number of hydrogen-bond acceptors (Lipinski definition) is 4. The number of rotatable bonds is 2. The minimum absolute atomic E-state index is 0.0142. The summed E-state index contributed by atoms with van der Waals surface area (Å²) in [6.07, 6.45) is 6.23. The Kier molecular flexibility index (Phi) is 2.93. The number of aromatic carboxylic acids is 1. The first kappa shape index (κ1) is 12.4. The number of carboxylic acid groups (broad SMARTS) is 1. The maximum Gasteiger partial charge on any atom is 0.358 e. The third kappa shape index (κ3) is 2.08. The molecule has 1 aliphatic carbocycles. The summed E-state index contributed by atoms with van der Waals surface area (Å²) in [5, 5.41) is 12.6. The molecular weight excluding hydrogens is 246 g/mol. The summed E-state index contributed by atoms with van der Waals surface area (Å²) in [7, 11) is 0. The van der Waals surface area contributed by atoms with Crippen LogP contribution in [0.3, 0.4) is 0 Å². The van der Waals surface area contributed by atoms with Crippen molar-refractivity contribution in [3.8, 4) is 0 Å². The molecule has 1 aromatic rings. The lowest BCUT2D eigenvalue weighted by atomic mass is 9.74. The molecule has 1 spiro atoms. The lowest BCUT2D eigenvalue weighted by Crippen LogP contribution is -2.23. The van der Waals surface area contributed by atoms with Gasteiger partial charge in [-0.2, -0.15) is 0 Å². The molecule has 0 aromatic carbocycles. The molecule has 0 saturated carbocycles. The van der Waals surface area contributed by atoms with Crippen LogP contribution in [0.4, 0.5) is 0 Å². The zero-order valence-corrected chi connectivity index (χ0v) is 10.9. The molecule has 2 aliphatic rings. The van der Waals surface area contributed by atoms with E-state index in [1.54, 1.807) is 6.92 Å². The third-order valence-electron chi connectivity index (χ3n) is 4.31. The second kappa shape index (κ2) is 4.49. The lowest BCUT2D eigenvalue weighted by Gasteiger charge is -2.30. The van der Waals surface area contributed by atoms with Gasteiger partial charge in [0.25, 0.3) is 0 Å². The first-order chi connectivity index (χ1) is 9.11. The molecule has 0 bridgehead atoms. The van der Waals surface area contributed by atoms with Crippen molar-refractivity contribution in [2.75, 3.05) is 13.2 Å². The molecule has 1 fully saturated rings. The molecule has 1 N–H and O–H groups in total. The van der Waals surface area contributed by atoms with Crippen LogP contribution < -0.4 is 0 Å². The smallest absolute Gasteiger partial charge is 0.358 e. The Bertz CT molecular complexity index is 538. The highest BCUT2D eigenvalue weighted by atomic mass is 16.5. The van der Waals surface area contributed by atoms with Crippen LogP contribution in [0.5, 0.6) is 0 Å². The number of carbonyl (C=O) groups is 1. The highest BCUT2D eigenvalue weighted by Gasteiger charge is 2.37. The van der Waals surface area contributed by atoms with Crippen LogP contribution in [0.1, 0.15) is 47.5 Å². The van der Waals surface area contributed by atoms with Gasteiger partial charge in [-0.1, -0.05) is 11.2 Å². The Balaban J connectivity index is 1.84. The molecule has 0 unspecified atom stereocenters. The van der Waals surface area contributed by atoms with E-state index in [1.165, 1.54) is 0 Å². The van der Waals surface area contributed by atoms with E-state index >= 15 is 0 Å². The van der Waals surface area contributed by atoms with Gasteiger partial charge in [0.2, 0.25) is 0 Å². The molecule has 0 radical (unpaired) electrons. The van der Waals surface area contributed by atoms with Crippen molar-refractivity contribution in [3.63, 3.8) is 0 Å². The van der Waals surface area contributed by atoms with Gasteiger partial charge in [0.1, 0.15) is 0 Å². The summed E-state index contributed by atoms with van der Waals surface area (Å²) < 4.78 is 10.7. The SMILES string of the molecule is Cc1c(C(=O)O)noc1C1=CC[C@@]2(CCOC2)CC1. The van der Waals surface area contributed by atoms with Gasteiger partial charge in [-0.3, -0.25) is 0 Å². The molecule has 5 nitrogen and oxygen atoms in total. The van der Waals surface area contributed by atoms with E-state index in [9.17, 15) is 4.79 Å². The van der Waals surface area contributed by atoms with Crippen LogP contribution >= 0.6 is 0 Å². The second-order valence-corrected chi connectivity index (χ2v) is 5.53. The summed E-state index contributed by atoms with van der Waals surface area (Å²) in [5.74, 6) is -0.407. The first-order valence-corrected chi connectivity index (χ1v) is 6.58. The van der Waals surface area contributed by atoms with E-state index in [0.717, 1.165) is 44.5 Å². The predicted molar refractivity (Wildman–Crippen MR) is 67.9 cm³/mol. The zero-order valence-electron chi connectivity index (χ0n) is 10.9. The third-order valence-corrected chi connectivity index (χ3v) is 4.31. The topological polar surface area (TPSA) is 72.6 Å². The molecule has 1 saturated heterocycles. The number of ether oxygens (including phenoxy) is 1. The van der Waals surface area contributed by atoms with Gasteiger partial charge >= 0.3 is 5.97 Å². The molecule has 19 heavy (non-hydrogen) atoms. The fourth-order valence-corrected chi connectivity index (χ4v) is 2.99. The standard InChI is InChI=1S/C14H17NO4/c1-9-11(13(16)17)15-19-12(9)10-2-4-14(5-3-10)6-7-18-8-14/h2H,3-8H2,1H3,(H,16,17)/t14-/m0/s1. The molecule has 5 heteroatoms. The summed E-state index contributed by atoms with van der Waals surface area (Å²) in [6, 6.07) is 0. The zero-order chi connectivity index (χ0) is 13.5. The van der Waals surface area contributed by atoms with Crippen molar-refractivity contribution in [2.24, 2.45) is 5.41 Å². The average Bonchev–Trinajstić information content (AvgIpc) is 2.98. The normalized spacial score (nSPS) is 26.7. The minimum Gasteiger partial charge on any atom is -0.476 e. The van der Waals surface area contributed by atoms with Crippen LogP contribution in [-0.2, 0) is 4.74 Å². The van der Waals surface area contributed by atoms with Gasteiger partial charge in [-0.25, -0.2) is 4.79 Å². The highest BCUT2D eigenvalue weighted by Crippen LogP contribution is 2.44. The molecule has 2 heterocycles. The molecule has 1 aromatic heterocycles. The molecule has 102 valence electrons. The minimum atomic E-state index is -1.04. The number of allylic oxidation sites excluding steroid dienone is 2. The van der Waals surface area contributed by atoms with Gasteiger partial charge in [-0.05, 0) is 43.6 Å². The monoisotopic (exact) mass is 263 g/mol. The van der Waals surface area contributed by atoms with E-state index in [-0.39, 0.29) is 5.69 Å². The van der Waals surface area contributed by atoms with Crippen LogP contribution in [0.15, 0.2) is 10.6 Å². The molecule has 0 amide bonds. The highest BCUT2D eigenvalue weighted by molar-refractivity contribution is 5.88. The van der Waals surface area contributed by atoms with Crippen molar-refractivity contribution >= 4 is 11.5 Å². The second-order valence-electron chi connectivity index (χ2n) is 5.53. The van der Waals surface area contributed by atoms with Crippen molar-refractivity contribution in [3.05, 3.63) is 23.1 Å². The Morgan fingerprint density at radius 1 is 1.47 bits per heavy atom. The fourth-order valence-electron chi connectivity index (χ4n) is 2.99. The number of hydrogen-bond donors (Lipinski definition) is 1. The summed E-state index contributed by atoms with van der Waals surface area (Å²) >= 11 is 0. The number of carboxylic acids is 1. The quantitative estimate of drug-likeness (QED) is 0.888. The van der Waals surface area contributed by atoms with Crippen molar-refractivity contribution in [2.45, 2.75) is 32.6 Å². The van der Waals surface area contributed by atoms with E-state index < -0.39 is 5.97 Å². The first-order valence-electron chi connectivity index (χ1n) is 6.58. The number of nitrogens with zero attached hydrogens (tertiary/aromatic N) is 1. The molecular formula is C14H17NO4. The number of aromatic nitrogens is 1. The Morgan fingerprint density at radius 2 is 2.32 bits per heavy atom. The van der Waals surface area contributed by atoms with Crippen LogP contribution in [0.25, 0.3) is 5.57 Å². The van der Waals surface area contributed by atoms with Crippen LogP contribution in [-0.4, -0.2) is 29.4 Å². The van der Waals surface area contributed by atoms with Crippen LogP contribution in [0, 0.1) is 12.3 Å². The summed E-state index contributed by atoms with van der Waals surface area (Å²) in [4.78, 5) is 11.0. The van der Waals surface area contributed by atoms with Crippen molar-refractivity contribution in [1.82, 2.24) is 5.16 Å². The summed E-state index contributed by atoms with van der Waals surface area (Å²) in [6.45, 7) is 3.44. The summed E-state index contributed by atoms with van der Waals surface area (Å²) in [5.41, 5.74) is 2.01. The molecule has 1 atom stereocenters. The Morgan fingerprint density at radius 3 is 2.84 bits per heavy atom. The van der Waals surface area contributed by atoms with E-state index in [4.69, 9.17) is 14.4 Å². The van der Waals surface area contributed by atoms with E-state index in [1.807, 2.05) is 0 Å². The average molecular weight is 263 g/mol. The van der Waals surface area contributed by atoms with Gasteiger partial charge < -0.3 is 14.4 Å². The van der Waals surface area contributed by atoms with Gasteiger partial charge in [0.15, 0.2) is 11.5 Å². The maximum absolute atomic E-state index is 11.0. The van der Waals surface area contributed by atoms with Gasteiger partial charge in [-0.15, -0.1) is 0 Å². The lowest BCUT2D eigenvalue weighted by molar-refractivity contribution is 0.0685. The predicted octanol–water partition coefficient (Wildman–Crippen LogP) is 2.66. The van der Waals surface area contributed by atoms with Gasteiger partial charge in [0.05, 0.1) is 6.61 Å². The largest absolute Gasteiger partial charge is 0.476 e. The maximum atomic E-state index is 11.0. The van der Waals surface area contributed by atoms with Crippen LogP contribution in [0.2, 0.25) is 0 Å². The van der Waals surface area contributed by atoms with Crippen molar-refractivity contribution in [1.29, 1.82) is 0 Å². The van der Waals surface area contributed by atoms with Crippen molar-refractivity contribution < 1.29 is 19.2 Å². The van der Waals surface area contributed by atoms with E-state index in [2.05, 4.69) is 11.2 Å². The fraction of sp³-hybridized carbons (Fsp3) is 0.571. The molecule has 1 aliphatic heterocycles. The molecule has 3 rings (SSSR count). The Hall–Kier alpha value is -1.62. The van der Waals surface area contributed by atoms with E-state index in [0.29, 0.717) is 16.7 Å².